The molecule has 0 aliphatic rings. The van der Waals surface area contributed by atoms with Crippen molar-refractivity contribution in [1.82, 2.24) is 15.1 Å². The molecule has 8 heteroatoms. The van der Waals surface area contributed by atoms with Crippen LogP contribution in [0.25, 0.3) is 11.4 Å². The van der Waals surface area contributed by atoms with Gasteiger partial charge in [-0.25, -0.2) is 4.39 Å². The molecule has 0 aliphatic carbocycles. The molecular weight excluding hydrogens is 427 g/mol. The summed E-state index contributed by atoms with van der Waals surface area (Å²) in [5.74, 6) is 1.32. The van der Waals surface area contributed by atoms with Gasteiger partial charge in [0.15, 0.2) is 0 Å². The van der Waals surface area contributed by atoms with E-state index >= 15 is 0 Å². The number of thioether (sulfide) groups is 1. The maximum atomic E-state index is 13.0. The first kappa shape index (κ1) is 21.7. The number of rotatable bonds is 9. The predicted molar refractivity (Wildman–Crippen MR) is 121 cm³/mol. The normalized spacial score (nSPS) is 10.8. The number of nitrogens with one attached hydrogen (secondary N) is 1. The largest absolute Gasteiger partial charge is 0.339 e. The van der Waals surface area contributed by atoms with Crippen LogP contribution < -0.4 is 5.32 Å². The van der Waals surface area contributed by atoms with Gasteiger partial charge < -0.3 is 9.84 Å². The SMILES string of the molecule is O=C(CCCc1nc(-c2ccc(F)cc2)no1)Nc1ccc(SCc2cccnc2)cc1. The van der Waals surface area contributed by atoms with Crippen LogP contribution in [0.2, 0.25) is 0 Å². The van der Waals surface area contributed by atoms with Crippen LogP contribution in [0.3, 0.4) is 0 Å². The smallest absolute Gasteiger partial charge is 0.226 e. The van der Waals surface area contributed by atoms with E-state index in [0.29, 0.717) is 36.5 Å². The minimum absolute atomic E-state index is 0.0703. The Labute approximate surface area is 189 Å². The number of pyridine rings is 1. The lowest BCUT2D eigenvalue weighted by Crippen LogP contribution is -2.11. The predicted octanol–water partition coefficient (Wildman–Crippen LogP) is 5.52. The number of nitrogens with zero attached hydrogens (tertiary/aromatic N) is 3. The molecular formula is C24H21FN4O2S. The minimum Gasteiger partial charge on any atom is -0.339 e. The molecule has 162 valence electrons. The number of carbonyl (C=O) groups is 1. The van der Waals surface area contributed by atoms with Crippen molar-refractivity contribution in [3.63, 3.8) is 0 Å². The Morgan fingerprint density at radius 3 is 2.62 bits per heavy atom. The van der Waals surface area contributed by atoms with E-state index in [4.69, 9.17) is 4.52 Å². The second-order valence-corrected chi connectivity index (χ2v) is 8.14. The molecule has 1 amide bonds. The number of aromatic nitrogens is 3. The summed E-state index contributed by atoms with van der Waals surface area (Å²) in [6, 6.07) is 17.7. The molecule has 0 spiro atoms. The number of hydrogen-bond acceptors (Lipinski definition) is 6. The van der Waals surface area contributed by atoms with Crippen LogP contribution >= 0.6 is 11.8 Å². The standard InChI is InChI=1S/C24H21FN4O2S/c25-19-8-6-18(7-9-19)24-28-23(31-29-24)5-1-4-22(30)27-20-10-12-21(13-11-20)32-16-17-3-2-14-26-15-17/h2-3,6-15H,1,4-5,16H2,(H,27,30). The van der Waals surface area contributed by atoms with Crippen LogP contribution in [0.5, 0.6) is 0 Å². The molecule has 2 aromatic carbocycles. The summed E-state index contributed by atoms with van der Waals surface area (Å²) >= 11 is 1.72. The molecule has 6 nitrogen and oxygen atoms in total. The Balaban J connectivity index is 1.20. The van der Waals surface area contributed by atoms with Crippen LogP contribution in [0, 0.1) is 5.82 Å². The average molecular weight is 449 g/mol. The van der Waals surface area contributed by atoms with E-state index in [1.807, 2.05) is 42.6 Å². The lowest BCUT2D eigenvalue weighted by molar-refractivity contribution is -0.116. The summed E-state index contributed by atoms with van der Waals surface area (Å²) in [6.45, 7) is 0. The summed E-state index contributed by atoms with van der Waals surface area (Å²) < 4.78 is 18.2. The van der Waals surface area contributed by atoms with E-state index in [-0.39, 0.29) is 11.7 Å². The van der Waals surface area contributed by atoms with Gasteiger partial charge in [0, 0.05) is 47.1 Å². The lowest BCUT2D eigenvalue weighted by atomic mass is 10.2. The van der Waals surface area contributed by atoms with Crippen molar-refractivity contribution in [2.45, 2.75) is 29.9 Å². The molecule has 2 aromatic heterocycles. The van der Waals surface area contributed by atoms with E-state index in [1.54, 1.807) is 30.1 Å². The van der Waals surface area contributed by atoms with Gasteiger partial charge >= 0.3 is 0 Å². The third-order valence-corrected chi connectivity index (χ3v) is 5.71. The Morgan fingerprint density at radius 2 is 1.88 bits per heavy atom. The highest BCUT2D eigenvalue weighted by Crippen LogP contribution is 2.24. The Morgan fingerprint density at radius 1 is 1.06 bits per heavy atom. The van der Waals surface area contributed by atoms with Gasteiger partial charge in [0.25, 0.3) is 0 Å². The summed E-state index contributed by atoms with van der Waals surface area (Å²) in [7, 11) is 0. The van der Waals surface area contributed by atoms with Crippen molar-refractivity contribution in [3.05, 3.63) is 90.3 Å². The fourth-order valence-electron chi connectivity index (χ4n) is 2.98. The zero-order valence-electron chi connectivity index (χ0n) is 17.2. The molecule has 4 aromatic rings. The molecule has 0 fully saturated rings. The molecule has 0 saturated heterocycles. The molecule has 0 aliphatic heterocycles. The van der Waals surface area contributed by atoms with E-state index in [0.717, 1.165) is 16.3 Å². The Kier molecular flexibility index (Phi) is 7.24. The molecule has 0 atom stereocenters. The molecule has 1 N–H and O–H groups in total. The molecule has 0 bridgehead atoms. The molecule has 0 radical (unpaired) electrons. The van der Waals surface area contributed by atoms with Crippen LogP contribution in [0.4, 0.5) is 10.1 Å². The van der Waals surface area contributed by atoms with Gasteiger partial charge in [0.1, 0.15) is 5.82 Å². The molecule has 32 heavy (non-hydrogen) atoms. The monoisotopic (exact) mass is 448 g/mol. The highest BCUT2D eigenvalue weighted by atomic mass is 32.2. The molecule has 0 unspecified atom stereocenters. The molecule has 2 heterocycles. The number of aryl methyl sites for hydroxylation is 1. The summed E-state index contributed by atoms with van der Waals surface area (Å²) in [5.41, 5.74) is 2.61. The van der Waals surface area contributed by atoms with Gasteiger partial charge in [-0.3, -0.25) is 9.78 Å². The molecule has 0 saturated carbocycles. The van der Waals surface area contributed by atoms with Crippen LogP contribution in [-0.4, -0.2) is 21.0 Å². The topological polar surface area (TPSA) is 80.9 Å². The second-order valence-electron chi connectivity index (χ2n) is 7.09. The zero-order valence-corrected chi connectivity index (χ0v) is 18.0. The Bertz CT molecular complexity index is 1150. The van der Waals surface area contributed by atoms with Crippen LogP contribution in [-0.2, 0) is 17.0 Å². The number of benzene rings is 2. The third-order valence-electron chi connectivity index (χ3n) is 4.63. The van der Waals surface area contributed by atoms with Gasteiger partial charge in [-0.15, -0.1) is 11.8 Å². The van der Waals surface area contributed by atoms with Gasteiger partial charge in [0.05, 0.1) is 0 Å². The summed E-state index contributed by atoms with van der Waals surface area (Å²) in [4.78, 5) is 21.8. The van der Waals surface area contributed by atoms with Gasteiger partial charge in [-0.2, -0.15) is 4.98 Å². The van der Waals surface area contributed by atoms with Crippen molar-refractivity contribution in [1.29, 1.82) is 0 Å². The summed E-state index contributed by atoms with van der Waals surface area (Å²) in [5, 5.41) is 6.81. The maximum absolute atomic E-state index is 13.0. The number of hydrogen-bond donors (Lipinski definition) is 1. The van der Waals surface area contributed by atoms with E-state index in [2.05, 4.69) is 20.4 Å². The molecule has 4 rings (SSSR count). The fourth-order valence-corrected chi connectivity index (χ4v) is 3.81. The van der Waals surface area contributed by atoms with E-state index < -0.39 is 0 Å². The lowest BCUT2D eigenvalue weighted by Gasteiger charge is -2.06. The summed E-state index contributed by atoms with van der Waals surface area (Å²) in [6.07, 6.45) is 5.03. The first-order valence-electron chi connectivity index (χ1n) is 10.2. The van der Waals surface area contributed by atoms with Crippen molar-refractivity contribution >= 4 is 23.4 Å². The maximum Gasteiger partial charge on any atom is 0.226 e. The zero-order chi connectivity index (χ0) is 22.2. The first-order chi connectivity index (χ1) is 15.7. The fraction of sp³-hybridized carbons (Fsp3) is 0.167. The average Bonchev–Trinajstić information content (AvgIpc) is 3.29. The number of halogens is 1. The second kappa shape index (κ2) is 10.7. The Hall–Kier alpha value is -3.52. The van der Waals surface area contributed by atoms with Crippen molar-refractivity contribution < 1.29 is 13.7 Å². The van der Waals surface area contributed by atoms with E-state index in [9.17, 15) is 9.18 Å². The van der Waals surface area contributed by atoms with Crippen LogP contribution in [0.15, 0.2) is 82.5 Å². The number of carbonyl (C=O) groups excluding carboxylic acids is 1. The van der Waals surface area contributed by atoms with Gasteiger partial charge in [-0.05, 0) is 66.6 Å². The van der Waals surface area contributed by atoms with Crippen molar-refractivity contribution in [2.75, 3.05) is 5.32 Å². The highest BCUT2D eigenvalue weighted by molar-refractivity contribution is 7.98. The third kappa shape index (κ3) is 6.24. The van der Waals surface area contributed by atoms with Gasteiger partial charge in [0.2, 0.25) is 17.6 Å². The van der Waals surface area contributed by atoms with Crippen LogP contribution in [0.1, 0.15) is 24.3 Å². The van der Waals surface area contributed by atoms with Crippen molar-refractivity contribution in [2.24, 2.45) is 0 Å². The van der Waals surface area contributed by atoms with Gasteiger partial charge in [-0.1, -0.05) is 11.2 Å². The van der Waals surface area contributed by atoms with Crippen molar-refractivity contribution in [3.8, 4) is 11.4 Å². The highest BCUT2D eigenvalue weighted by Gasteiger charge is 2.10. The number of amides is 1. The minimum atomic E-state index is -0.318. The number of anilines is 1. The van der Waals surface area contributed by atoms with E-state index in [1.165, 1.54) is 17.7 Å². The quantitative estimate of drug-likeness (QED) is 0.339. The first-order valence-corrected chi connectivity index (χ1v) is 11.1.